The molecule has 2 heterocycles. The van der Waals surface area contributed by atoms with Gasteiger partial charge in [0.15, 0.2) is 0 Å². The predicted octanol–water partition coefficient (Wildman–Crippen LogP) is 4.36. The van der Waals surface area contributed by atoms with Crippen LogP contribution >= 0.6 is 12.6 Å². The summed E-state index contributed by atoms with van der Waals surface area (Å²) in [5.74, 6) is -14.7. The molecule has 0 fully saturated rings. The molecule has 4 amide bonds. The number of benzene rings is 6. The van der Waals surface area contributed by atoms with Crippen molar-refractivity contribution in [1.82, 2.24) is 39.5 Å². The van der Waals surface area contributed by atoms with E-state index in [2.05, 4.69) is 38.6 Å². The van der Waals surface area contributed by atoms with E-state index in [0.717, 1.165) is 38.0 Å². The Balaban J connectivity index is 0.000000393. The van der Waals surface area contributed by atoms with Crippen LogP contribution in [0.4, 0.5) is 17.6 Å². The number of aliphatic carboxylic acids is 4. The van der Waals surface area contributed by atoms with Gasteiger partial charge in [-0.3, -0.25) is 66.2 Å². The van der Waals surface area contributed by atoms with Crippen molar-refractivity contribution in [3.05, 3.63) is 255 Å². The third-order valence-electron chi connectivity index (χ3n) is 18.5. The molecule has 8 aromatic rings. The molecule has 0 aliphatic rings. The molecular formula is C79H85F4N11O19S. The fourth-order valence-corrected chi connectivity index (χ4v) is 12.4. The first-order valence-electron chi connectivity index (χ1n) is 35.6. The van der Waals surface area contributed by atoms with Crippen LogP contribution in [-0.4, -0.2) is 142 Å². The molecular weight excluding hydrogens is 1510 g/mol. The molecule has 0 unspecified atom stereocenters. The van der Waals surface area contributed by atoms with Gasteiger partial charge >= 0.3 is 35.3 Å². The van der Waals surface area contributed by atoms with Crippen LogP contribution in [0.25, 0.3) is 22.3 Å². The van der Waals surface area contributed by atoms with Crippen LogP contribution < -0.4 is 61.0 Å². The first-order chi connectivity index (χ1) is 54.2. The number of carbonyl (C=O) groups excluding carboxylic acids is 6. The maximum atomic E-state index is 14.9. The van der Waals surface area contributed by atoms with E-state index in [-0.39, 0.29) is 85.5 Å². The number of ether oxygens (including phenoxy) is 1. The molecule has 0 bridgehead atoms. The largest absolute Gasteiger partial charge is 0.481 e. The van der Waals surface area contributed by atoms with Gasteiger partial charge in [-0.25, -0.2) is 36.7 Å². The van der Waals surface area contributed by atoms with Gasteiger partial charge in [0.05, 0.1) is 43.2 Å². The van der Waals surface area contributed by atoms with Crippen molar-refractivity contribution in [2.45, 2.75) is 134 Å². The van der Waals surface area contributed by atoms with Gasteiger partial charge in [-0.15, -0.1) is 0 Å². The predicted molar refractivity (Wildman–Crippen MR) is 409 cm³/mol. The molecule has 30 nitrogen and oxygen atoms in total. The van der Waals surface area contributed by atoms with Crippen LogP contribution in [0.15, 0.2) is 165 Å². The monoisotopic (exact) mass is 1600 g/mol. The highest BCUT2D eigenvalue weighted by Crippen LogP contribution is 2.27. The summed E-state index contributed by atoms with van der Waals surface area (Å²) in [6.45, 7) is 0.299. The first-order valence-corrected chi connectivity index (χ1v) is 36.2. The number of aromatic nitrogens is 4. The number of hydrogen-bond donors (Lipinski definition) is 12. The number of hydrogen-bond acceptors (Lipinski definition) is 19. The third-order valence-corrected chi connectivity index (χ3v) is 18.9. The second kappa shape index (κ2) is 42.2. The Bertz CT molecular complexity index is 5060. The lowest BCUT2D eigenvalue weighted by Gasteiger charge is -2.22. The summed E-state index contributed by atoms with van der Waals surface area (Å²) in [6, 6.07) is 29.9. The molecule has 0 saturated carbocycles. The first kappa shape index (κ1) is 88.7. The van der Waals surface area contributed by atoms with Crippen LogP contribution in [-0.2, 0) is 91.7 Å². The second-order valence-electron chi connectivity index (χ2n) is 26.5. The molecule has 114 heavy (non-hydrogen) atoms. The van der Waals surface area contributed by atoms with E-state index in [1.54, 1.807) is 110 Å². The summed E-state index contributed by atoms with van der Waals surface area (Å²) in [5.41, 5.74) is 18.8. The van der Waals surface area contributed by atoms with Crippen molar-refractivity contribution < 1.29 is 90.7 Å². The number of rotatable bonds is 40. The lowest BCUT2D eigenvalue weighted by molar-refractivity contribution is -0.145. The molecule has 35 heteroatoms. The number of ketones is 1. The topological polar surface area (TPSA) is 475 Å². The molecule has 0 spiro atoms. The van der Waals surface area contributed by atoms with Crippen molar-refractivity contribution >= 4 is 72.4 Å². The number of nitrogens with two attached hydrogens (primary N) is 3. The highest BCUT2D eigenvalue weighted by Gasteiger charge is 2.31. The SMILES string of the molecule is Cc1c(-c2cccc(CCC(=O)C[C@@H](CCC(=O)N[C@H](CCC(=O)NC[C@H](N)C(=O)N[C@@H](COC=O)C(=O)N[C@@H](CS)C(=O)O)C(=O)O)C(=O)O)c2)c(=O)n(C[C@H](N)c2ccccc2)c(=O)n1Cc1c(F)cccc1F.Cc1c(-c2cccc(CCC(=O)O)c2)c(=O)n(C[C@H](N)c2ccccc2)c(=O)n1Cc1c(F)cccc1F. The van der Waals surface area contributed by atoms with Crippen molar-refractivity contribution in [3.8, 4) is 22.3 Å². The number of carbonyl (C=O) groups is 10. The Hall–Kier alpha value is -12.5. The zero-order chi connectivity index (χ0) is 83.6. The Kier molecular flexibility index (Phi) is 32.9. The van der Waals surface area contributed by atoms with Gasteiger partial charge < -0.3 is 63.6 Å². The summed E-state index contributed by atoms with van der Waals surface area (Å²) >= 11 is 3.82. The van der Waals surface area contributed by atoms with E-state index in [0.29, 0.717) is 33.4 Å². The average molecular weight is 1600 g/mol. The molecule has 14 N–H and O–H groups in total. The molecule has 0 saturated heterocycles. The summed E-state index contributed by atoms with van der Waals surface area (Å²) in [7, 11) is 0. The summed E-state index contributed by atoms with van der Waals surface area (Å²) in [5, 5.41) is 46.6. The van der Waals surface area contributed by atoms with Gasteiger partial charge in [-0.05, 0) is 97.2 Å². The summed E-state index contributed by atoms with van der Waals surface area (Å²) < 4.78 is 67.6. The van der Waals surface area contributed by atoms with Crippen LogP contribution in [0.2, 0.25) is 0 Å². The van der Waals surface area contributed by atoms with Gasteiger partial charge in [-0.1, -0.05) is 121 Å². The second-order valence-corrected chi connectivity index (χ2v) is 26.9. The Morgan fingerprint density at radius 1 is 0.509 bits per heavy atom. The van der Waals surface area contributed by atoms with E-state index >= 15 is 0 Å². The minimum Gasteiger partial charge on any atom is -0.481 e. The van der Waals surface area contributed by atoms with Crippen LogP contribution in [0.5, 0.6) is 0 Å². The maximum absolute atomic E-state index is 14.9. The molecule has 0 aliphatic carbocycles. The third kappa shape index (κ3) is 24.5. The highest BCUT2D eigenvalue weighted by molar-refractivity contribution is 7.80. The summed E-state index contributed by atoms with van der Waals surface area (Å²) in [4.78, 5) is 176. The van der Waals surface area contributed by atoms with E-state index in [4.69, 9.17) is 27.4 Å². The molecule has 0 radical (unpaired) electrons. The lowest BCUT2D eigenvalue weighted by Crippen LogP contribution is -2.57. The van der Waals surface area contributed by atoms with E-state index < -0.39 is 199 Å². The number of carboxylic acid groups (broad SMARTS) is 4. The quantitative estimate of drug-likeness (QED) is 0.0144. The Morgan fingerprint density at radius 3 is 1.38 bits per heavy atom. The minimum atomic E-state index is -1.63. The molecule has 0 aliphatic heterocycles. The van der Waals surface area contributed by atoms with Crippen LogP contribution in [0.1, 0.15) is 102 Å². The van der Waals surface area contributed by atoms with E-state index in [9.17, 15) is 94.9 Å². The van der Waals surface area contributed by atoms with Crippen LogP contribution in [0, 0.1) is 43.0 Å². The van der Waals surface area contributed by atoms with E-state index in [1.807, 2.05) is 6.07 Å². The number of aryl methyl sites for hydroxylation is 2. The molecule has 6 aromatic carbocycles. The Labute approximate surface area is 653 Å². The number of Topliss-reactive ketones (excluding diaryl/α,β-unsaturated/α-hetero) is 1. The highest BCUT2D eigenvalue weighted by atomic mass is 32.1. The number of halogens is 4. The fraction of sp³-hybridized carbons (Fsp3) is 0.316. The van der Waals surface area contributed by atoms with Crippen molar-refractivity contribution in [3.63, 3.8) is 0 Å². The fourth-order valence-electron chi connectivity index (χ4n) is 12.2. The minimum absolute atomic E-state index is 0.0229. The average Bonchev–Trinajstić information content (AvgIpc) is 0.765. The zero-order valence-corrected chi connectivity index (χ0v) is 62.6. The number of amides is 4. The number of nitrogens with zero attached hydrogens (tertiary/aromatic N) is 4. The lowest BCUT2D eigenvalue weighted by atomic mass is 9.93. The van der Waals surface area contributed by atoms with Gasteiger partial charge in [0.2, 0.25) is 23.6 Å². The van der Waals surface area contributed by atoms with Crippen LogP contribution in [0.3, 0.4) is 0 Å². The Morgan fingerprint density at radius 2 is 0.947 bits per heavy atom. The van der Waals surface area contributed by atoms with Gasteiger partial charge in [0.25, 0.3) is 17.6 Å². The standard InChI is InChI=1S/C50H58F2N8O15S.C29H27F2N3O4/c1-27-43(46(67)60(23-37(54)29-8-3-2-4-9-29)50(74)59(27)22-33-34(51)11-6-12-35(33)52)30-10-5-7-28(19-30)13-15-32(62)20-31(47(68)69)14-17-42(64)56-38(48(70)71)16-18-41(63)55-21-36(53)44(65)57-39(24-75-26-61)45(66)58-40(25-76)49(72)73;1-18-27(21-10-5-7-19(15-21)13-14-26(35)36)28(37)34(17-25(32)20-8-3-2-4-9-20)29(38)33(18)16-22-23(30)11-6-12-24(22)31/h2-12,19,26,31,36-40,76H,13-18,20-25,53-54H2,1H3,(H,55,63)(H,56,64)(H,57,65)(H,58,66)(H,68,69)(H,70,71)(H,72,73);2-12,15,25H,13-14,16-17,32H2,1H3,(H,35,36)/t31-,36+,37+,38-,39+,40+;25-/m10/s1. The normalized spacial score (nSPS) is 12.9. The molecule has 604 valence electrons. The number of thiol groups is 1. The van der Waals surface area contributed by atoms with Crippen molar-refractivity contribution in [2.75, 3.05) is 18.9 Å². The molecule has 7 atom stereocenters. The van der Waals surface area contributed by atoms with Gasteiger partial charge in [0, 0.05) is 79.0 Å². The molecule has 8 rings (SSSR count). The van der Waals surface area contributed by atoms with Gasteiger partial charge in [0.1, 0.15) is 59.8 Å². The summed E-state index contributed by atoms with van der Waals surface area (Å²) in [6.07, 6.45) is -2.34. The van der Waals surface area contributed by atoms with E-state index in [1.165, 1.54) is 23.6 Å². The van der Waals surface area contributed by atoms with Gasteiger partial charge in [-0.2, -0.15) is 12.6 Å². The maximum Gasteiger partial charge on any atom is 0.331 e. The zero-order valence-electron chi connectivity index (χ0n) is 61.7. The van der Waals surface area contributed by atoms with Crippen molar-refractivity contribution in [2.24, 2.45) is 23.1 Å². The molecule has 2 aromatic heterocycles. The number of carboxylic acids is 4. The smallest absolute Gasteiger partial charge is 0.331 e. The van der Waals surface area contributed by atoms with Crippen molar-refractivity contribution in [1.29, 1.82) is 0 Å². The number of nitrogens with one attached hydrogen (secondary N) is 4.